The van der Waals surface area contributed by atoms with Crippen molar-refractivity contribution in [2.24, 2.45) is 0 Å². The molecule has 0 saturated heterocycles. The third-order valence-corrected chi connectivity index (χ3v) is 3.71. The van der Waals surface area contributed by atoms with Gasteiger partial charge < -0.3 is 15.1 Å². The molecule has 0 aliphatic heterocycles. The number of amides is 2. The second-order valence-electron chi connectivity index (χ2n) is 5.50. The number of para-hydroxylation sites is 1. The number of furan rings is 1. The van der Waals surface area contributed by atoms with Crippen LogP contribution in [0, 0.1) is 6.92 Å². The molecular weight excluding hydrogens is 318 g/mol. The Morgan fingerprint density at radius 2 is 2.04 bits per heavy atom. The molecule has 0 fully saturated rings. The number of urea groups is 1. The number of nitrogens with zero attached hydrogens (tertiary/aromatic N) is 3. The monoisotopic (exact) mass is 337 g/mol. The van der Waals surface area contributed by atoms with Gasteiger partial charge in [0.25, 0.3) is 0 Å². The second-order valence-corrected chi connectivity index (χ2v) is 5.50. The third-order valence-electron chi connectivity index (χ3n) is 3.71. The van der Waals surface area contributed by atoms with Crippen molar-refractivity contribution in [3.63, 3.8) is 0 Å². The van der Waals surface area contributed by atoms with Gasteiger partial charge in [-0.15, -0.1) is 0 Å². The minimum Gasteiger partial charge on any atom is -0.467 e. The Kier molecular flexibility index (Phi) is 4.94. The van der Waals surface area contributed by atoms with Crippen LogP contribution >= 0.6 is 0 Å². The molecule has 3 aromatic rings. The minimum atomic E-state index is -0.273. The maximum absolute atomic E-state index is 12.4. The molecule has 128 valence electrons. The van der Waals surface area contributed by atoms with E-state index in [2.05, 4.69) is 20.6 Å². The standard InChI is InChI=1S/C18H19N5O2/c1-13-6-3-4-8-15(13)22-18(24)23(2)17-10-16(20-12-21-17)19-11-14-7-5-9-25-14/h3-10,12H,11H2,1-2H3,(H,22,24)(H,19,20,21). The van der Waals surface area contributed by atoms with Crippen molar-refractivity contribution < 1.29 is 9.21 Å². The summed E-state index contributed by atoms with van der Waals surface area (Å²) < 4.78 is 5.27. The highest BCUT2D eigenvalue weighted by Gasteiger charge is 2.14. The van der Waals surface area contributed by atoms with E-state index in [1.165, 1.54) is 11.2 Å². The van der Waals surface area contributed by atoms with Crippen molar-refractivity contribution in [3.05, 3.63) is 66.4 Å². The van der Waals surface area contributed by atoms with Gasteiger partial charge in [0, 0.05) is 18.8 Å². The number of benzene rings is 1. The molecule has 3 rings (SSSR count). The number of hydrogen-bond donors (Lipinski definition) is 2. The van der Waals surface area contributed by atoms with Gasteiger partial charge in [0.2, 0.25) is 0 Å². The lowest BCUT2D eigenvalue weighted by Gasteiger charge is -2.18. The van der Waals surface area contributed by atoms with Crippen molar-refractivity contribution in [1.82, 2.24) is 9.97 Å². The number of anilines is 3. The lowest BCUT2D eigenvalue weighted by Crippen LogP contribution is -2.32. The van der Waals surface area contributed by atoms with Gasteiger partial charge in [0.1, 0.15) is 23.7 Å². The fourth-order valence-electron chi connectivity index (χ4n) is 2.23. The second kappa shape index (κ2) is 7.48. The fraction of sp³-hybridized carbons (Fsp3) is 0.167. The van der Waals surface area contributed by atoms with E-state index in [1.807, 2.05) is 43.3 Å². The maximum atomic E-state index is 12.4. The average Bonchev–Trinajstić information content (AvgIpc) is 3.15. The van der Waals surface area contributed by atoms with Gasteiger partial charge in [-0.25, -0.2) is 14.8 Å². The average molecular weight is 337 g/mol. The highest BCUT2D eigenvalue weighted by Crippen LogP contribution is 2.17. The van der Waals surface area contributed by atoms with Crippen molar-refractivity contribution in [1.29, 1.82) is 0 Å². The summed E-state index contributed by atoms with van der Waals surface area (Å²) >= 11 is 0. The van der Waals surface area contributed by atoms with Crippen LogP contribution in [0.1, 0.15) is 11.3 Å². The molecule has 0 aliphatic rings. The summed E-state index contributed by atoms with van der Waals surface area (Å²) in [6, 6.07) is 12.7. The lowest BCUT2D eigenvalue weighted by molar-refractivity contribution is 0.258. The number of rotatable bonds is 5. The van der Waals surface area contributed by atoms with Gasteiger partial charge in [0.05, 0.1) is 12.8 Å². The van der Waals surface area contributed by atoms with Gasteiger partial charge >= 0.3 is 6.03 Å². The number of aromatic nitrogens is 2. The Bertz CT molecular complexity index is 848. The Morgan fingerprint density at radius 1 is 1.20 bits per heavy atom. The molecule has 2 amide bonds. The van der Waals surface area contributed by atoms with Crippen LogP contribution < -0.4 is 15.5 Å². The predicted molar refractivity (Wildman–Crippen MR) is 96.7 cm³/mol. The summed E-state index contributed by atoms with van der Waals surface area (Å²) in [5, 5.41) is 6.01. The molecule has 25 heavy (non-hydrogen) atoms. The highest BCUT2D eigenvalue weighted by molar-refractivity contribution is 6.01. The molecular formula is C18H19N5O2. The number of aryl methyl sites for hydroxylation is 1. The predicted octanol–water partition coefficient (Wildman–Crippen LogP) is 3.66. The van der Waals surface area contributed by atoms with Crippen molar-refractivity contribution in [3.8, 4) is 0 Å². The van der Waals surface area contributed by atoms with E-state index < -0.39 is 0 Å². The first kappa shape index (κ1) is 16.5. The molecule has 0 aliphatic carbocycles. The summed E-state index contributed by atoms with van der Waals surface area (Å²) in [7, 11) is 1.66. The smallest absolute Gasteiger partial charge is 0.327 e. The van der Waals surface area contributed by atoms with E-state index >= 15 is 0 Å². The van der Waals surface area contributed by atoms with Crippen LogP contribution in [-0.2, 0) is 6.54 Å². The summed E-state index contributed by atoms with van der Waals surface area (Å²) in [5.74, 6) is 1.89. The molecule has 0 spiro atoms. The maximum Gasteiger partial charge on any atom is 0.327 e. The van der Waals surface area contributed by atoms with Gasteiger partial charge in [-0.3, -0.25) is 4.90 Å². The van der Waals surface area contributed by atoms with Crippen LogP contribution in [0.5, 0.6) is 0 Å². The summed E-state index contributed by atoms with van der Waals surface area (Å²) in [6.07, 6.45) is 3.03. The quantitative estimate of drug-likeness (QED) is 0.742. The normalized spacial score (nSPS) is 10.3. The van der Waals surface area contributed by atoms with Crippen LogP contribution in [0.2, 0.25) is 0 Å². The molecule has 0 saturated carbocycles. The molecule has 0 atom stereocenters. The largest absolute Gasteiger partial charge is 0.467 e. The number of carbonyl (C=O) groups excluding carboxylic acids is 1. The highest BCUT2D eigenvalue weighted by atomic mass is 16.3. The number of hydrogen-bond acceptors (Lipinski definition) is 5. The molecule has 0 unspecified atom stereocenters. The van der Waals surface area contributed by atoms with Crippen LogP contribution in [0.25, 0.3) is 0 Å². The molecule has 2 N–H and O–H groups in total. The first-order valence-electron chi connectivity index (χ1n) is 7.82. The van der Waals surface area contributed by atoms with Crippen LogP contribution in [0.15, 0.2) is 59.5 Å². The van der Waals surface area contributed by atoms with Crippen LogP contribution in [0.4, 0.5) is 22.1 Å². The van der Waals surface area contributed by atoms with Crippen molar-refractivity contribution in [2.75, 3.05) is 22.6 Å². The zero-order chi connectivity index (χ0) is 17.6. The van der Waals surface area contributed by atoms with E-state index in [1.54, 1.807) is 19.4 Å². The van der Waals surface area contributed by atoms with E-state index in [0.717, 1.165) is 17.0 Å². The van der Waals surface area contributed by atoms with E-state index in [0.29, 0.717) is 18.2 Å². The molecule has 2 aromatic heterocycles. The first-order valence-corrected chi connectivity index (χ1v) is 7.82. The van der Waals surface area contributed by atoms with Gasteiger partial charge in [-0.2, -0.15) is 0 Å². The third kappa shape index (κ3) is 4.14. The zero-order valence-electron chi connectivity index (χ0n) is 14.1. The summed E-state index contributed by atoms with van der Waals surface area (Å²) in [5.41, 5.74) is 1.76. The van der Waals surface area contributed by atoms with Crippen LogP contribution in [-0.4, -0.2) is 23.0 Å². The SMILES string of the molecule is Cc1ccccc1NC(=O)N(C)c1cc(NCc2ccco2)ncn1. The molecule has 1 aromatic carbocycles. The fourth-order valence-corrected chi connectivity index (χ4v) is 2.23. The Balaban J connectivity index is 1.67. The zero-order valence-corrected chi connectivity index (χ0v) is 14.1. The molecule has 2 heterocycles. The van der Waals surface area contributed by atoms with E-state index in [-0.39, 0.29) is 6.03 Å². The van der Waals surface area contributed by atoms with Crippen LogP contribution in [0.3, 0.4) is 0 Å². The lowest BCUT2D eigenvalue weighted by atomic mass is 10.2. The molecule has 0 bridgehead atoms. The van der Waals surface area contributed by atoms with Crippen molar-refractivity contribution in [2.45, 2.75) is 13.5 Å². The molecule has 0 radical (unpaired) electrons. The van der Waals surface area contributed by atoms with Crippen molar-refractivity contribution >= 4 is 23.4 Å². The summed E-state index contributed by atoms with van der Waals surface area (Å²) in [6.45, 7) is 2.44. The Labute approximate surface area is 145 Å². The van der Waals surface area contributed by atoms with Gasteiger partial charge in [0.15, 0.2) is 0 Å². The first-order chi connectivity index (χ1) is 12.1. The Hall–Kier alpha value is -3.35. The molecule has 7 heteroatoms. The topological polar surface area (TPSA) is 83.3 Å². The van der Waals surface area contributed by atoms with E-state index in [4.69, 9.17) is 4.42 Å². The molecule has 7 nitrogen and oxygen atoms in total. The minimum absolute atomic E-state index is 0.273. The van der Waals surface area contributed by atoms with E-state index in [9.17, 15) is 4.79 Å². The number of nitrogens with one attached hydrogen (secondary N) is 2. The summed E-state index contributed by atoms with van der Waals surface area (Å²) in [4.78, 5) is 22.2. The Morgan fingerprint density at radius 3 is 2.80 bits per heavy atom. The number of carbonyl (C=O) groups is 1. The van der Waals surface area contributed by atoms with Gasteiger partial charge in [-0.05, 0) is 30.7 Å². The van der Waals surface area contributed by atoms with Gasteiger partial charge in [-0.1, -0.05) is 18.2 Å².